The van der Waals surface area contributed by atoms with Crippen LogP contribution >= 0.6 is 0 Å². The first-order valence-electron chi connectivity index (χ1n) is 16.8. The molecule has 5 aromatic rings. The van der Waals surface area contributed by atoms with Crippen LogP contribution in [0, 0.1) is 11.7 Å². The summed E-state index contributed by atoms with van der Waals surface area (Å²) in [6.45, 7) is 0.366. The van der Waals surface area contributed by atoms with Crippen molar-refractivity contribution in [3.63, 3.8) is 0 Å². The van der Waals surface area contributed by atoms with E-state index in [1.807, 2.05) is 72.8 Å². The Morgan fingerprint density at radius 1 is 0.700 bits per heavy atom. The summed E-state index contributed by atoms with van der Waals surface area (Å²) in [7, 11) is 3.21. The van der Waals surface area contributed by atoms with E-state index in [0.717, 1.165) is 40.7 Å². The second kappa shape index (κ2) is 16.2. The Kier molecular flexibility index (Phi) is 11.1. The first kappa shape index (κ1) is 34.2. The molecular formula is C42H40FNO6. The van der Waals surface area contributed by atoms with Gasteiger partial charge in [-0.1, -0.05) is 48.5 Å². The molecule has 1 aliphatic rings. The topological polar surface area (TPSA) is 83.1 Å². The summed E-state index contributed by atoms with van der Waals surface area (Å²) in [6, 6.07) is 34.3. The van der Waals surface area contributed by atoms with Crippen molar-refractivity contribution in [1.82, 2.24) is 5.32 Å². The Labute approximate surface area is 292 Å². The van der Waals surface area contributed by atoms with Gasteiger partial charge in [0, 0.05) is 17.7 Å². The van der Waals surface area contributed by atoms with Crippen LogP contribution in [0.2, 0.25) is 0 Å². The number of rotatable bonds is 12. The van der Waals surface area contributed by atoms with Gasteiger partial charge in [0.1, 0.15) is 28.8 Å². The molecule has 1 saturated carbocycles. The van der Waals surface area contributed by atoms with Gasteiger partial charge in [0.15, 0.2) is 0 Å². The van der Waals surface area contributed by atoms with Gasteiger partial charge < -0.3 is 24.3 Å². The smallest absolute Gasteiger partial charge is 0.314 e. The van der Waals surface area contributed by atoms with Crippen molar-refractivity contribution in [2.75, 3.05) is 20.8 Å². The molecule has 256 valence electrons. The fourth-order valence-electron chi connectivity index (χ4n) is 6.35. The summed E-state index contributed by atoms with van der Waals surface area (Å²) in [5.41, 5.74) is 4.66. The number of hydrogen-bond acceptors (Lipinski definition) is 6. The van der Waals surface area contributed by atoms with Gasteiger partial charge in [0.2, 0.25) is 0 Å². The van der Waals surface area contributed by atoms with E-state index in [1.54, 1.807) is 44.6 Å². The van der Waals surface area contributed by atoms with Crippen molar-refractivity contribution in [2.45, 2.75) is 38.2 Å². The van der Waals surface area contributed by atoms with E-state index >= 15 is 0 Å². The third kappa shape index (κ3) is 8.50. The number of nitrogens with one attached hydrogen (secondary N) is 1. The van der Waals surface area contributed by atoms with Gasteiger partial charge in [-0.05, 0) is 121 Å². The minimum absolute atomic E-state index is 0.0485. The highest BCUT2D eigenvalue weighted by Gasteiger charge is 2.29. The monoisotopic (exact) mass is 673 g/mol. The highest BCUT2D eigenvalue weighted by molar-refractivity contribution is 5.96. The van der Waals surface area contributed by atoms with Crippen molar-refractivity contribution in [3.05, 3.63) is 132 Å². The zero-order chi connectivity index (χ0) is 34.9. The number of amides is 1. The zero-order valence-corrected chi connectivity index (χ0v) is 28.2. The predicted octanol–water partition coefficient (Wildman–Crippen LogP) is 8.69. The van der Waals surface area contributed by atoms with Crippen LogP contribution in [-0.4, -0.2) is 38.7 Å². The molecule has 1 fully saturated rings. The number of hydrogen-bond donors (Lipinski definition) is 1. The summed E-state index contributed by atoms with van der Waals surface area (Å²) in [5.74, 6) is 1.67. The average molecular weight is 674 g/mol. The van der Waals surface area contributed by atoms with E-state index in [9.17, 15) is 14.0 Å². The van der Waals surface area contributed by atoms with Crippen LogP contribution in [0.25, 0.3) is 22.3 Å². The Hall–Kier alpha value is -5.63. The van der Waals surface area contributed by atoms with Crippen LogP contribution in [0.5, 0.6) is 23.0 Å². The zero-order valence-electron chi connectivity index (χ0n) is 28.2. The molecule has 6 rings (SSSR count). The molecular weight excluding hydrogens is 633 g/mol. The molecule has 1 aliphatic carbocycles. The molecule has 1 N–H and O–H groups in total. The first-order chi connectivity index (χ1) is 24.4. The molecule has 8 heteroatoms. The molecule has 1 amide bonds. The molecule has 0 atom stereocenters. The highest BCUT2D eigenvalue weighted by Crippen LogP contribution is 2.34. The third-order valence-electron chi connectivity index (χ3n) is 9.01. The number of carbonyl (C=O) groups excluding carboxylic acids is 2. The average Bonchev–Trinajstić information content (AvgIpc) is 3.15. The van der Waals surface area contributed by atoms with Crippen molar-refractivity contribution in [3.8, 4) is 45.3 Å². The molecule has 0 bridgehead atoms. The lowest BCUT2D eigenvalue weighted by atomic mass is 9.87. The molecule has 0 saturated heterocycles. The minimum Gasteiger partial charge on any atom is -0.497 e. The number of benzene rings is 5. The number of para-hydroxylation sites is 1. The SMILES string of the molecule is COc1cccc(-c2cc(C(=O)NCCc3ccc(OC4CCC(C(=O)Oc5ccccc5)CC4)cc3-c3cccc(F)c3)ccc2OC)c1. The molecule has 7 nitrogen and oxygen atoms in total. The summed E-state index contributed by atoms with van der Waals surface area (Å²) < 4.78 is 37.3. The molecule has 0 unspecified atom stereocenters. The summed E-state index contributed by atoms with van der Waals surface area (Å²) in [4.78, 5) is 26.0. The summed E-state index contributed by atoms with van der Waals surface area (Å²) in [5, 5.41) is 3.04. The number of ether oxygens (including phenoxy) is 4. The lowest BCUT2D eigenvalue weighted by Crippen LogP contribution is -2.30. The van der Waals surface area contributed by atoms with Gasteiger partial charge in [-0.15, -0.1) is 0 Å². The number of methoxy groups -OCH3 is 2. The van der Waals surface area contributed by atoms with Gasteiger partial charge in [-0.25, -0.2) is 4.39 Å². The van der Waals surface area contributed by atoms with E-state index < -0.39 is 0 Å². The van der Waals surface area contributed by atoms with Crippen LogP contribution in [0.4, 0.5) is 4.39 Å². The van der Waals surface area contributed by atoms with Crippen LogP contribution in [-0.2, 0) is 11.2 Å². The second-order valence-corrected chi connectivity index (χ2v) is 12.3. The summed E-state index contributed by atoms with van der Waals surface area (Å²) in [6.07, 6.45) is 3.28. The van der Waals surface area contributed by atoms with Crippen LogP contribution in [0.1, 0.15) is 41.6 Å². The van der Waals surface area contributed by atoms with E-state index in [2.05, 4.69) is 5.32 Å². The molecule has 0 spiro atoms. The standard InChI is InChI=1S/C42H40FNO6/c1-47-36-13-7-9-31(25-36)39-26-32(17-21-40(39)48-2)41(45)44-23-22-28-14-20-37(27-38(28)30-8-6-10-33(43)24-30)49-35-18-15-29(16-19-35)42(46)50-34-11-4-3-5-12-34/h3-14,17,20-21,24-27,29,35H,15-16,18-19,22-23H2,1-2H3,(H,44,45). The van der Waals surface area contributed by atoms with Crippen molar-refractivity contribution in [2.24, 2.45) is 5.92 Å². The van der Waals surface area contributed by atoms with Crippen LogP contribution in [0.3, 0.4) is 0 Å². The summed E-state index contributed by atoms with van der Waals surface area (Å²) >= 11 is 0. The Bertz CT molecular complexity index is 1940. The van der Waals surface area contributed by atoms with Gasteiger partial charge in [0.25, 0.3) is 5.91 Å². The van der Waals surface area contributed by atoms with Gasteiger partial charge in [-0.2, -0.15) is 0 Å². The van der Waals surface area contributed by atoms with E-state index in [-0.39, 0.29) is 29.7 Å². The first-order valence-corrected chi connectivity index (χ1v) is 16.8. The van der Waals surface area contributed by atoms with E-state index in [1.165, 1.54) is 12.1 Å². The molecule has 50 heavy (non-hydrogen) atoms. The highest BCUT2D eigenvalue weighted by atomic mass is 19.1. The molecule has 0 aliphatic heterocycles. The fraction of sp³-hybridized carbons (Fsp3) is 0.238. The predicted molar refractivity (Wildman–Crippen MR) is 191 cm³/mol. The maximum Gasteiger partial charge on any atom is 0.314 e. The van der Waals surface area contributed by atoms with Crippen LogP contribution < -0.4 is 24.3 Å². The number of carbonyl (C=O) groups is 2. The second-order valence-electron chi connectivity index (χ2n) is 12.3. The van der Waals surface area contributed by atoms with Gasteiger partial charge >= 0.3 is 5.97 Å². The van der Waals surface area contributed by atoms with Crippen molar-refractivity contribution >= 4 is 11.9 Å². The Balaban J connectivity index is 1.11. The quantitative estimate of drug-likeness (QED) is 0.105. The molecule has 0 radical (unpaired) electrons. The largest absolute Gasteiger partial charge is 0.497 e. The number of halogens is 1. The minimum atomic E-state index is -0.333. The lowest BCUT2D eigenvalue weighted by molar-refractivity contribution is -0.140. The maximum atomic E-state index is 14.4. The van der Waals surface area contributed by atoms with Gasteiger partial charge in [-0.3, -0.25) is 9.59 Å². The molecule has 0 heterocycles. The number of esters is 1. The normalized spacial score (nSPS) is 15.5. The van der Waals surface area contributed by atoms with Gasteiger partial charge in [0.05, 0.1) is 26.2 Å². The van der Waals surface area contributed by atoms with E-state index in [4.69, 9.17) is 18.9 Å². The molecule has 0 aromatic heterocycles. The van der Waals surface area contributed by atoms with E-state index in [0.29, 0.717) is 54.4 Å². The van der Waals surface area contributed by atoms with Crippen LogP contribution in [0.15, 0.2) is 115 Å². The lowest BCUT2D eigenvalue weighted by Gasteiger charge is -2.28. The third-order valence-corrected chi connectivity index (χ3v) is 9.01. The van der Waals surface area contributed by atoms with Crippen molar-refractivity contribution < 1.29 is 32.9 Å². The maximum absolute atomic E-state index is 14.4. The molecule has 5 aromatic carbocycles. The van der Waals surface area contributed by atoms with Crippen molar-refractivity contribution in [1.29, 1.82) is 0 Å². The Morgan fingerprint density at radius 2 is 1.44 bits per heavy atom. The fourth-order valence-corrected chi connectivity index (χ4v) is 6.35. The Morgan fingerprint density at radius 3 is 2.18 bits per heavy atom.